The van der Waals surface area contributed by atoms with Crippen LogP contribution in [0.2, 0.25) is 0 Å². The number of halogens is 1. The smallest absolute Gasteiger partial charge is 0.338 e. The molecule has 4 nitrogen and oxygen atoms in total. The molecule has 0 unspecified atom stereocenters. The van der Waals surface area contributed by atoms with E-state index in [1.807, 2.05) is 0 Å². The van der Waals surface area contributed by atoms with Crippen molar-refractivity contribution in [2.45, 2.75) is 0 Å². The van der Waals surface area contributed by atoms with Crippen molar-refractivity contribution in [2.75, 3.05) is 5.73 Å². The number of phenols is 1. The molecule has 0 aromatic heterocycles. The Balaban J connectivity index is 3.37. The fourth-order valence-electron chi connectivity index (χ4n) is 0.787. The van der Waals surface area contributed by atoms with Gasteiger partial charge in [0, 0.05) is 6.07 Å². The number of carbonyl (C=O) groups is 1. The van der Waals surface area contributed by atoms with Gasteiger partial charge in [0.25, 0.3) is 0 Å². The standard InChI is InChI=1S/C7H6FNO3/c8-6-4(7(11)12)1-3(10)2-5(6)9/h1-2,10H,9H2,(H,11,12). The summed E-state index contributed by atoms with van der Waals surface area (Å²) in [5.74, 6) is -2.86. The summed E-state index contributed by atoms with van der Waals surface area (Å²) in [6.45, 7) is 0. The molecule has 0 bridgehead atoms. The lowest BCUT2D eigenvalue weighted by Crippen LogP contribution is -2.03. The first kappa shape index (κ1) is 8.32. The number of phenolic OH excluding ortho intramolecular Hbond substituents is 1. The van der Waals surface area contributed by atoms with Gasteiger partial charge in [-0.15, -0.1) is 0 Å². The number of nitrogens with two attached hydrogens (primary N) is 1. The van der Waals surface area contributed by atoms with Gasteiger partial charge >= 0.3 is 5.97 Å². The Morgan fingerprint density at radius 1 is 1.50 bits per heavy atom. The molecule has 12 heavy (non-hydrogen) atoms. The molecule has 0 radical (unpaired) electrons. The highest BCUT2D eigenvalue weighted by Gasteiger charge is 2.13. The molecule has 0 spiro atoms. The third-order valence-corrected chi connectivity index (χ3v) is 1.32. The molecule has 0 aliphatic carbocycles. The Morgan fingerprint density at radius 2 is 2.08 bits per heavy atom. The average Bonchev–Trinajstić information content (AvgIpc) is 1.96. The lowest BCUT2D eigenvalue weighted by molar-refractivity contribution is 0.0691. The molecule has 0 saturated carbocycles. The summed E-state index contributed by atoms with van der Waals surface area (Å²) in [6.07, 6.45) is 0. The van der Waals surface area contributed by atoms with Gasteiger partial charge in [0.15, 0.2) is 5.82 Å². The lowest BCUT2D eigenvalue weighted by Gasteiger charge is -2.01. The molecular weight excluding hydrogens is 165 g/mol. The van der Waals surface area contributed by atoms with Crippen LogP contribution in [0.25, 0.3) is 0 Å². The molecule has 0 saturated heterocycles. The number of aromatic carboxylic acids is 1. The van der Waals surface area contributed by atoms with Crippen molar-refractivity contribution in [3.8, 4) is 5.75 Å². The largest absolute Gasteiger partial charge is 0.508 e. The highest BCUT2D eigenvalue weighted by atomic mass is 19.1. The second kappa shape index (κ2) is 2.69. The highest BCUT2D eigenvalue weighted by Crippen LogP contribution is 2.21. The molecule has 1 rings (SSSR count). The normalized spacial score (nSPS) is 9.75. The topological polar surface area (TPSA) is 83.5 Å². The van der Waals surface area contributed by atoms with Gasteiger partial charge < -0.3 is 15.9 Å². The van der Waals surface area contributed by atoms with Crippen LogP contribution in [0.1, 0.15) is 10.4 Å². The Labute approximate surface area is 67.1 Å². The van der Waals surface area contributed by atoms with Crippen LogP contribution in [0.15, 0.2) is 12.1 Å². The Bertz CT molecular complexity index is 338. The molecule has 0 aliphatic heterocycles. The molecule has 0 atom stereocenters. The van der Waals surface area contributed by atoms with Crippen LogP contribution in [0.5, 0.6) is 5.75 Å². The zero-order valence-corrected chi connectivity index (χ0v) is 5.91. The number of benzene rings is 1. The number of carboxylic acid groups (broad SMARTS) is 1. The Kier molecular flexibility index (Phi) is 1.86. The van der Waals surface area contributed by atoms with Crippen molar-refractivity contribution in [1.29, 1.82) is 0 Å². The van der Waals surface area contributed by atoms with Gasteiger partial charge in [0.1, 0.15) is 11.3 Å². The van der Waals surface area contributed by atoms with E-state index in [9.17, 15) is 9.18 Å². The van der Waals surface area contributed by atoms with Gasteiger partial charge in [-0.05, 0) is 6.07 Å². The predicted octanol–water partition coefficient (Wildman–Crippen LogP) is 0.812. The van der Waals surface area contributed by atoms with Crippen LogP contribution in [0.4, 0.5) is 10.1 Å². The van der Waals surface area contributed by atoms with Crippen molar-refractivity contribution in [1.82, 2.24) is 0 Å². The molecule has 0 aliphatic rings. The van der Waals surface area contributed by atoms with Crippen molar-refractivity contribution >= 4 is 11.7 Å². The van der Waals surface area contributed by atoms with E-state index >= 15 is 0 Å². The van der Waals surface area contributed by atoms with Crippen LogP contribution in [0.3, 0.4) is 0 Å². The summed E-state index contributed by atoms with van der Waals surface area (Å²) >= 11 is 0. The minimum atomic E-state index is -1.46. The molecule has 1 aromatic carbocycles. The summed E-state index contributed by atoms with van der Waals surface area (Å²) in [7, 11) is 0. The maximum absolute atomic E-state index is 12.8. The highest BCUT2D eigenvalue weighted by molar-refractivity contribution is 5.89. The fraction of sp³-hybridized carbons (Fsp3) is 0. The van der Waals surface area contributed by atoms with E-state index in [2.05, 4.69) is 0 Å². The van der Waals surface area contributed by atoms with Crippen LogP contribution < -0.4 is 5.73 Å². The van der Waals surface area contributed by atoms with Gasteiger partial charge in [-0.2, -0.15) is 0 Å². The quantitative estimate of drug-likeness (QED) is 0.546. The van der Waals surface area contributed by atoms with E-state index < -0.39 is 17.3 Å². The monoisotopic (exact) mass is 171 g/mol. The van der Waals surface area contributed by atoms with Crippen molar-refractivity contribution in [3.05, 3.63) is 23.5 Å². The molecule has 64 valence electrons. The van der Waals surface area contributed by atoms with Crippen LogP contribution in [-0.2, 0) is 0 Å². The Hall–Kier alpha value is -1.78. The minimum Gasteiger partial charge on any atom is -0.508 e. The second-order valence-corrected chi connectivity index (χ2v) is 2.20. The summed E-state index contributed by atoms with van der Waals surface area (Å²) in [5.41, 5.74) is 4.05. The van der Waals surface area contributed by atoms with Crippen LogP contribution in [0, 0.1) is 5.82 Å². The summed E-state index contributed by atoms with van der Waals surface area (Å²) in [6, 6.07) is 1.75. The predicted molar refractivity (Wildman–Crippen MR) is 39.4 cm³/mol. The van der Waals surface area contributed by atoms with E-state index in [4.69, 9.17) is 15.9 Å². The zero-order chi connectivity index (χ0) is 9.30. The number of hydrogen-bond acceptors (Lipinski definition) is 3. The molecule has 4 N–H and O–H groups in total. The van der Waals surface area contributed by atoms with E-state index in [1.54, 1.807) is 0 Å². The van der Waals surface area contributed by atoms with Crippen molar-refractivity contribution < 1.29 is 19.4 Å². The lowest BCUT2D eigenvalue weighted by atomic mass is 10.2. The number of rotatable bonds is 1. The maximum atomic E-state index is 12.8. The minimum absolute atomic E-state index is 0.369. The third kappa shape index (κ3) is 1.29. The first-order chi connectivity index (χ1) is 5.52. The summed E-state index contributed by atoms with van der Waals surface area (Å²) < 4.78 is 12.8. The van der Waals surface area contributed by atoms with Gasteiger partial charge in [0.2, 0.25) is 0 Å². The molecule has 0 fully saturated rings. The van der Waals surface area contributed by atoms with E-state index in [-0.39, 0.29) is 11.4 Å². The molecule has 1 aromatic rings. The van der Waals surface area contributed by atoms with E-state index in [0.717, 1.165) is 12.1 Å². The number of nitrogen functional groups attached to an aromatic ring is 1. The maximum Gasteiger partial charge on any atom is 0.338 e. The number of aromatic hydroxyl groups is 1. The summed E-state index contributed by atoms with van der Waals surface area (Å²) in [5, 5.41) is 17.3. The van der Waals surface area contributed by atoms with E-state index in [0.29, 0.717) is 0 Å². The van der Waals surface area contributed by atoms with Crippen molar-refractivity contribution in [3.63, 3.8) is 0 Å². The van der Waals surface area contributed by atoms with Gasteiger partial charge in [-0.1, -0.05) is 0 Å². The molecule has 5 heteroatoms. The number of carboxylic acids is 1. The second-order valence-electron chi connectivity index (χ2n) is 2.20. The molecule has 0 heterocycles. The molecular formula is C7H6FNO3. The average molecular weight is 171 g/mol. The van der Waals surface area contributed by atoms with Gasteiger partial charge in [-0.3, -0.25) is 0 Å². The number of hydrogen-bond donors (Lipinski definition) is 3. The first-order valence-electron chi connectivity index (χ1n) is 3.03. The molecule has 0 amide bonds. The summed E-state index contributed by atoms with van der Waals surface area (Å²) in [4.78, 5) is 10.3. The Morgan fingerprint density at radius 3 is 2.58 bits per heavy atom. The SMILES string of the molecule is Nc1cc(O)cc(C(=O)O)c1F. The zero-order valence-electron chi connectivity index (χ0n) is 5.91. The van der Waals surface area contributed by atoms with Crippen LogP contribution in [-0.4, -0.2) is 16.2 Å². The fourth-order valence-corrected chi connectivity index (χ4v) is 0.787. The number of anilines is 1. The first-order valence-corrected chi connectivity index (χ1v) is 3.03. The van der Waals surface area contributed by atoms with E-state index in [1.165, 1.54) is 0 Å². The third-order valence-electron chi connectivity index (χ3n) is 1.32. The van der Waals surface area contributed by atoms with Crippen molar-refractivity contribution in [2.24, 2.45) is 0 Å². The van der Waals surface area contributed by atoms with Crippen LogP contribution >= 0.6 is 0 Å². The van der Waals surface area contributed by atoms with Gasteiger partial charge in [-0.25, -0.2) is 9.18 Å². The van der Waals surface area contributed by atoms with Gasteiger partial charge in [0.05, 0.1) is 5.69 Å².